The first-order valence-corrected chi connectivity index (χ1v) is 5.20. The largest absolute Gasteiger partial charge is 0.506 e. The summed E-state index contributed by atoms with van der Waals surface area (Å²) in [5.41, 5.74) is 1.25. The van der Waals surface area contributed by atoms with Gasteiger partial charge in [-0.1, -0.05) is 6.07 Å². The molecule has 0 radical (unpaired) electrons. The summed E-state index contributed by atoms with van der Waals surface area (Å²) in [7, 11) is -3.83. The molecule has 1 aromatic rings. The van der Waals surface area contributed by atoms with Crippen molar-refractivity contribution in [1.82, 2.24) is 0 Å². The van der Waals surface area contributed by atoms with Crippen molar-refractivity contribution >= 4 is 10.0 Å². The first-order valence-electron chi connectivity index (χ1n) is 3.65. The fourth-order valence-electron chi connectivity index (χ4n) is 1.14. The molecular weight excluding hydrogens is 190 g/mol. The summed E-state index contributed by atoms with van der Waals surface area (Å²) < 4.78 is 22.0. The number of phenolic OH excluding ortho intramolecular Hbond substituents is 1. The number of aromatic hydroxyl groups is 1. The summed E-state index contributed by atoms with van der Waals surface area (Å²) in [5, 5.41) is 14.3. The van der Waals surface area contributed by atoms with Crippen LogP contribution >= 0.6 is 0 Å². The molecule has 0 aliphatic heterocycles. The molecule has 72 valence electrons. The van der Waals surface area contributed by atoms with E-state index >= 15 is 0 Å². The van der Waals surface area contributed by atoms with Crippen molar-refractivity contribution in [2.24, 2.45) is 5.14 Å². The highest BCUT2D eigenvalue weighted by molar-refractivity contribution is 7.89. The zero-order valence-electron chi connectivity index (χ0n) is 7.40. The first kappa shape index (κ1) is 10.0. The van der Waals surface area contributed by atoms with Crippen molar-refractivity contribution in [3.05, 3.63) is 23.3 Å². The van der Waals surface area contributed by atoms with Gasteiger partial charge in [0.1, 0.15) is 10.6 Å². The molecule has 4 nitrogen and oxygen atoms in total. The molecule has 0 aliphatic rings. The lowest BCUT2D eigenvalue weighted by molar-refractivity contribution is 0.454. The molecule has 5 heteroatoms. The first-order chi connectivity index (χ1) is 5.82. The van der Waals surface area contributed by atoms with Crippen molar-refractivity contribution in [1.29, 1.82) is 0 Å². The van der Waals surface area contributed by atoms with Gasteiger partial charge in [-0.3, -0.25) is 0 Å². The van der Waals surface area contributed by atoms with Crippen molar-refractivity contribution in [2.75, 3.05) is 0 Å². The molecule has 0 spiro atoms. The Kier molecular flexibility index (Phi) is 2.32. The van der Waals surface area contributed by atoms with E-state index in [0.717, 1.165) is 5.56 Å². The second-order valence-electron chi connectivity index (χ2n) is 2.97. The van der Waals surface area contributed by atoms with Gasteiger partial charge in [-0.05, 0) is 31.0 Å². The summed E-state index contributed by atoms with van der Waals surface area (Å²) >= 11 is 0. The van der Waals surface area contributed by atoms with E-state index in [0.29, 0.717) is 5.56 Å². The Labute approximate surface area is 77.1 Å². The van der Waals surface area contributed by atoms with Crippen LogP contribution in [0.1, 0.15) is 11.1 Å². The summed E-state index contributed by atoms with van der Waals surface area (Å²) in [6.07, 6.45) is 0. The highest BCUT2D eigenvalue weighted by Gasteiger charge is 2.15. The molecule has 0 aliphatic carbocycles. The van der Waals surface area contributed by atoms with E-state index in [4.69, 9.17) is 5.14 Å². The Morgan fingerprint density at radius 2 is 1.85 bits per heavy atom. The van der Waals surface area contributed by atoms with Gasteiger partial charge in [-0.15, -0.1) is 0 Å². The molecule has 13 heavy (non-hydrogen) atoms. The zero-order valence-corrected chi connectivity index (χ0v) is 8.22. The monoisotopic (exact) mass is 201 g/mol. The number of hydrogen-bond acceptors (Lipinski definition) is 3. The predicted octanol–water partition coefficient (Wildman–Crippen LogP) is 0.656. The molecule has 0 heterocycles. The average Bonchev–Trinajstić information content (AvgIpc) is 1.94. The maximum atomic E-state index is 11.0. The molecule has 0 saturated carbocycles. The van der Waals surface area contributed by atoms with Crippen molar-refractivity contribution in [2.45, 2.75) is 18.7 Å². The van der Waals surface area contributed by atoms with Crippen LogP contribution in [0.5, 0.6) is 5.75 Å². The van der Waals surface area contributed by atoms with Crippen LogP contribution in [-0.2, 0) is 10.0 Å². The topological polar surface area (TPSA) is 80.4 Å². The van der Waals surface area contributed by atoms with E-state index in [9.17, 15) is 13.5 Å². The molecule has 1 aromatic carbocycles. The number of rotatable bonds is 1. The van der Waals surface area contributed by atoms with Crippen LogP contribution in [0.3, 0.4) is 0 Å². The fraction of sp³-hybridized carbons (Fsp3) is 0.250. The van der Waals surface area contributed by atoms with E-state index in [2.05, 4.69) is 0 Å². The summed E-state index contributed by atoms with van der Waals surface area (Å²) in [6, 6.07) is 3.03. The van der Waals surface area contributed by atoms with Crippen LogP contribution in [0.15, 0.2) is 17.0 Å². The predicted molar refractivity (Wildman–Crippen MR) is 49.0 cm³/mol. The standard InChI is InChI=1S/C8H11NO3S/c1-5-3-6(2)8(10)7(4-5)13(9,11)12/h3-4,10H,1-2H3,(H2,9,11,12). The van der Waals surface area contributed by atoms with Crippen molar-refractivity contribution in [3.63, 3.8) is 0 Å². The Morgan fingerprint density at radius 3 is 2.31 bits per heavy atom. The Balaban J connectivity index is 3.56. The third-order valence-corrected chi connectivity index (χ3v) is 2.64. The number of benzene rings is 1. The molecule has 0 fully saturated rings. The van der Waals surface area contributed by atoms with Gasteiger partial charge in [0.05, 0.1) is 0 Å². The highest BCUT2D eigenvalue weighted by Crippen LogP contribution is 2.26. The SMILES string of the molecule is Cc1cc(C)c(O)c(S(N)(=O)=O)c1. The molecule has 0 unspecified atom stereocenters. The molecule has 0 bridgehead atoms. The number of phenols is 1. The smallest absolute Gasteiger partial charge is 0.241 e. The molecule has 0 aromatic heterocycles. The number of sulfonamides is 1. The molecular formula is C8H11NO3S. The third-order valence-electron chi connectivity index (χ3n) is 1.72. The van der Waals surface area contributed by atoms with Crippen LogP contribution in [0.4, 0.5) is 0 Å². The van der Waals surface area contributed by atoms with E-state index in [1.54, 1.807) is 19.9 Å². The summed E-state index contributed by atoms with van der Waals surface area (Å²) in [6.45, 7) is 3.36. The summed E-state index contributed by atoms with van der Waals surface area (Å²) in [4.78, 5) is -0.218. The van der Waals surface area contributed by atoms with Crippen LogP contribution in [0, 0.1) is 13.8 Å². The number of nitrogens with two attached hydrogens (primary N) is 1. The Bertz CT molecular complexity index is 437. The zero-order chi connectivity index (χ0) is 10.2. The fourth-order valence-corrected chi connectivity index (χ4v) is 1.92. The quantitative estimate of drug-likeness (QED) is 0.700. The van der Waals surface area contributed by atoms with E-state index in [-0.39, 0.29) is 10.6 Å². The van der Waals surface area contributed by atoms with Gasteiger partial charge in [-0.25, -0.2) is 13.6 Å². The molecule has 3 N–H and O–H groups in total. The lowest BCUT2D eigenvalue weighted by atomic mass is 10.1. The van der Waals surface area contributed by atoms with Gasteiger partial charge < -0.3 is 5.11 Å². The van der Waals surface area contributed by atoms with Gasteiger partial charge >= 0.3 is 0 Å². The highest BCUT2D eigenvalue weighted by atomic mass is 32.2. The molecule has 1 rings (SSSR count). The van der Waals surface area contributed by atoms with E-state index < -0.39 is 10.0 Å². The molecule has 0 atom stereocenters. The van der Waals surface area contributed by atoms with Crippen LogP contribution in [0.2, 0.25) is 0 Å². The van der Waals surface area contributed by atoms with Crippen LogP contribution < -0.4 is 5.14 Å². The van der Waals surface area contributed by atoms with Gasteiger partial charge in [0.25, 0.3) is 0 Å². The third kappa shape index (κ3) is 1.99. The Morgan fingerprint density at radius 1 is 1.31 bits per heavy atom. The minimum atomic E-state index is -3.83. The van der Waals surface area contributed by atoms with Gasteiger partial charge in [0, 0.05) is 0 Å². The van der Waals surface area contributed by atoms with Crippen LogP contribution in [-0.4, -0.2) is 13.5 Å². The average molecular weight is 201 g/mol. The lowest BCUT2D eigenvalue weighted by Gasteiger charge is -2.06. The lowest BCUT2D eigenvalue weighted by Crippen LogP contribution is -2.12. The molecule has 0 amide bonds. The maximum Gasteiger partial charge on any atom is 0.241 e. The maximum absolute atomic E-state index is 11.0. The van der Waals surface area contributed by atoms with Crippen molar-refractivity contribution < 1.29 is 13.5 Å². The number of aryl methyl sites for hydroxylation is 2. The minimum absolute atomic E-state index is 0.218. The van der Waals surface area contributed by atoms with Gasteiger partial charge in [0.2, 0.25) is 10.0 Å². The van der Waals surface area contributed by atoms with E-state index in [1.165, 1.54) is 6.07 Å². The van der Waals surface area contributed by atoms with Gasteiger partial charge in [0.15, 0.2) is 0 Å². The minimum Gasteiger partial charge on any atom is -0.506 e. The second-order valence-corrected chi connectivity index (χ2v) is 4.50. The normalized spacial score (nSPS) is 11.6. The number of hydrogen-bond donors (Lipinski definition) is 2. The van der Waals surface area contributed by atoms with Gasteiger partial charge in [-0.2, -0.15) is 0 Å². The molecule has 0 saturated heterocycles. The number of primary sulfonamides is 1. The van der Waals surface area contributed by atoms with E-state index in [1.807, 2.05) is 0 Å². The Hall–Kier alpha value is -1.07. The summed E-state index contributed by atoms with van der Waals surface area (Å²) in [5.74, 6) is -0.270. The van der Waals surface area contributed by atoms with Crippen molar-refractivity contribution in [3.8, 4) is 5.75 Å². The van der Waals surface area contributed by atoms with Crippen LogP contribution in [0.25, 0.3) is 0 Å². The second kappa shape index (κ2) is 3.01.